The number of nitrogens with zero attached hydrogens (tertiary/aromatic N) is 4. The number of benzene rings is 1. The Hall–Kier alpha value is -2.90. The summed E-state index contributed by atoms with van der Waals surface area (Å²) in [5, 5.41) is 0. The first kappa shape index (κ1) is 19.4. The second kappa shape index (κ2) is 7.17. The van der Waals surface area contributed by atoms with Gasteiger partial charge in [0.25, 0.3) is 0 Å². The Balaban J connectivity index is 1.63. The minimum atomic E-state index is -0.511. The molecule has 29 heavy (non-hydrogen) atoms. The van der Waals surface area contributed by atoms with Gasteiger partial charge >= 0.3 is 12.1 Å². The van der Waals surface area contributed by atoms with Gasteiger partial charge < -0.3 is 14.4 Å². The number of carbonyl (C=O) groups is 2. The zero-order chi connectivity index (χ0) is 20.8. The molecule has 154 valence electrons. The van der Waals surface area contributed by atoms with E-state index in [1.807, 2.05) is 31.7 Å². The molecule has 0 spiro atoms. The molecule has 2 bridgehead atoms. The molecule has 2 aliphatic rings. The molecular formula is C21H26N4O4. The van der Waals surface area contributed by atoms with Crippen molar-refractivity contribution in [1.29, 1.82) is 0 Å². The van der Waals surface area contributed by atoms with Crippen molar-refractivity contribution in [3.8, 4) is 0 Å². The smallest absolute Gasteiger partial charge is 0.410 e. The molecule has 3 heterocycles. The maximum Gasteiger partial charge on any atom is 0.410 e. The van der Waals surface area contributed by atoms with E-state index in [1.165, 1.54) is 7.11 Å². The van der Waals surface area contributed by atoms with Crippen LogP contribution < -0.4 is 4.90 Å². The summed E-state index contributed by atoms with van der Waals surface area (Å²) in [5.41, 5.74) is 2.00. The molecule has 2 aliphatic heterocycles. The SMILES string of the molecule is COC(=O)c1ccc(N2CC3CCC(C2)N3C(=O)OC(C)(C)C)c2nccnc12. The highest BCUT2D eigenvalue weighted by molar-refractivity contribution is 6.05. The highest BCUT2D eigenvalue weighted by atomic mass is 16.6. The molecule has 0 saturated carbocycles. The number of esters is 1. The van der Waals surface area contributed by atoms with Crippen LogP contribution in [0.25, 0.3) is 11.0 Å². The van der Waals surface area contributed by atoms with Crippen LogP contribution >= 0.6 is 0 Å². The summed E-state index contributed by atoms with van der Waals surface area (Å²) >= 11 is 0. The van der Waals surface area contributed by atoms with Crippen LogP contribution in [0, 0.1) is 0 Å². The monoisotopic (exact) mass is 398 g/mol. The third-order valence-corrected chi connectivity index (χ3v) is 5.44. The first-order valence-corrected chi connectivity index (χ1v) is 9.87. The van der Waals surface area contributed by atoms with Crippen LogP contribution in [-0.2, 0) is 9.47 Å². The van der Waals surface area contributed by atoms with Crippen LogP contribution in [-0.4, -0.2) is 64.8 Å². The van der Waals surface area contributed by atoms with E-state index in [1.54, 1.807) is 18.5 Å². The van der Waals surface area contributed by atoms with Gasteiger partial charge in [0.15, 0.2) is 0 Å². The van der Waals surface area contributed by atoms with Gasteiger partial charge in [0, 0.05) is 25.5 Å². The number of carbonyl (C=O) groups excluding carboxylic acids is 2. The Bertz CT molecular complexity index is 941. The van der Waals surface area contributed by atoms with E-state index in [-0.39, 0.29) is 18.2 Å². The highest BCUT2D eigenvalue weighted by Gasteiger charge is 2.44. The van der Waals surface area contributed by atoms with Crippen molar-refractivity contribution in [2.45, 2.75) is 51.3 Å². The van der Waals surface area contributed by atoms with Crippen molar-refractivity contribution in [2.75, 3.05) is 25.1 Å². The quantitative estimate of drug-likeness (QED) is 0.719. The van der Waals surface area contributed by atoms with Crippen LogP contribution in [0.1, 0.15) is 44.0 Å². The van der Waals surface area contributed by atoms with Crippen molar-refractivity contribution < 1.29 is 19.1 Å². The summed E-state index contributed by atoms with van der Waals surface area (Å²) in [4.78, 5) is 37.8. The summed E-state index contributed by atoms with van der Waals surface area (Å²) in [7, 11) is 1.35. The molecule has 2 unspecified atom stereocenters. The fourth-order valence-corrected chi connectivity index (χ4v) is 4.28. The van der Waals surface area contributed by atoms with E-state index in [0.29, 0.717) is 29.7 Å². The molecule has 0 radical (unpaired) electrons. The minimum Gasteiger partial charge on any atom is -0.465 e. The Kier molecular flexibility index (Phi) is 4.80. The van der Waals surface area contributed by atoms with E-state index >= 15 is 0 Å². The van der Waals surface area contributed by atoms with Crippen molar-refractivity contribution >= 4 is 28.8 Å². The molecular weight excluding hydrogens is 372 g/mol. The minimum absolute atomic E-state index is 0.0932. The lowest BCUT2D eigenvalue weighted by molar-refractivity contribution is 0.0123. The molecule has 0 aliphatic carbocycles. The lowest BCUT2D eigenvalue weighted by Gasteiger charge is -2.42. The average Bonchev–Trinajstić information content (AvgIpc) is 2.95. The van der Waals surface area contributed by atoms with Gasteiger partial charge in [-0.25, -0.2) is 9.59 Å². The van der Waals surface area contributed by atoms with Gasteiger partial charge in [-0.05, 0) is 45.7 Å². The predicted octanol–water partition coefficient (Wildman–Crippen LogP) is 3.00. The van der Waals surface area contributed by atoms with E-state index in [9.17, 15) is 9.59 Å². The normalized spacial score (nSPS) is 21.4. The third-order valence-electron chi connectivity index (χ3n) is 5.44. The van der Waals surface area contributed by atoms with Crippen LogP contribution in [0.4, 0.5) is 10.5 Å². The Morgan fingerprint density at radius 2 is 1.66 bits per heavy atom. The van der Waals surface area contributed by atoms with Gasteiger partial charge in [-0.3, -0.25) is 14.9 Å². The molecule has 4 rings (SSSR count). The molecule has 0 N–H and O–H groups in total. The number of anilines is 1. The second-order valence-electron chi connectivity index (χ2n) is 8.55. The van der Waals surface area contributed by atoms with Gasteiger partial charge in [-0.2, -0.15) is 0 Å². The van der Waals surface area contributed by atoms with Crippen LogP contribution in [0.3, 0.4) is 0 Å². The Morgan fingerprint density at radius 3 is 2.24 bits per heavy atom. The fourth-order valence-electron chi connectivity index (χ4n) is 4.28. The van der Waals surface area contributed by atoms with E-state index in [0.717, 1.165) is 18.5 Å². The summed E-state index contributed by atoms with van der Waals surface area (Å²) < 4.78 is 10.5. The molecule has 1 aromatic heterocycles. The van der Waals surface area contributed by atoms with Crippen molar-refractivity contribution in [1.82, 2.24) is 14.9 Å². The van der Waals surface area contributed by atoms with Gasteiger partial charge in [0.2, 0.25) is 0 Å². The molecule has 8 nitrogen and oxygen atoms in total. The zero-order valence-electron chi connectivity index (χ0n) is 17.2. The first-order chi connectivity index (χ1) is 13.8. The van der Waals surface area contributed by atoms with E-state index in [4.69, 9.17) is 9.47 Å². The number of hydrogen-bond donors (Lipinski definition) is 0. The van der Waals surface area contributed by atoms with E-state index in [2.05, 4.69) is 14.9 Å². The standard InChI is InChI=1S/C21H26N4O4/c1-21(2,3)29-20(27)25-13-5-6-14(25)12-24(11-13)16-8-7-15(19(26)28-4)17-18(16)23-10-9-22-17/h7-10,13-14H,5-6,11-12H2,1-4H3. The molecule has 8 heteroatoms. The van der Waals surface area contributed by atoms with E-state index < -0.39 is 11.6 Å². The summed E-state index contributed by atoms with van der Waals surface area (Å²) in [6, 6.07) is 3.82. The molecule has 2 fully saturated rings. The third kappa shape index (κ3) is 3.59. The van der Waals surface area contributed by atoms with Crippen molar-refractivity contribution in [3.63, 3.8) is 0 Å². The second-order valence-corrected chi connectivity index (χ2v) is 8.55. The first-order valence-electron chi connectivity index (χ1n) is 9.87. The molecule has 1 aromatic carbocycles. The molecule has 2 saturated heterocycles. The van der Waals surface area contributed by atoms with Crippen molar-refractivity contribution in [3.05, 3.63) is 30.1 Å². The highest BCUT2D eigenvalue weighted by Crippen LogP contribution is 2.36. The summed E-state index contributed by atoms with van der Waals surface area (Å²) in [6.07, 6.45) is 4.85. The number of rotatable bonds is 2. The van der Waals surface area contributed by atoms with Gasteiger partial charge in [0.1, 0.15) is 16.6 Å². The summed E-state index contributed by atoms with van der Waals surface area (Å²) in [6.45, 7) is 7.04. The number of ether oxygens (including phenoxy) is 2. The predicted molar refractivity (Wildman–Crippen MR) is 108 cm³/mol. The fraction of sp³-hybridized carbons (Fsp3) is 0.524. The molecule has 1 amide bonds. The van der Waals surface area contributed by atoms with Gasteiger partial charge in [-0.15, -0.1) is 0 Å². The Labute approximate surface area is 169 Å². The van der Waals surface area contributed by atoms with Gasteiger partial charge in [0.05, 0.1) is 30.4 Å². The maximum atomic E-state index is 12.7. The Morgan fingerprint density at radius 1 is 1.03 bits per heavy atom. The van der Waals surface area contributed by atoms with Gasteiger partial charge in [-0.1, -0.05) is 0 Å². The summed E-state index contributed by atoms with van der Waals surface area (Å²) in [5.74, 6) is -0.433. The van der Waals surface area contributed by atoms with Crippen molar-refractivity contribution in [2.24, 2.45) is 0 Å². The topological polar surface area (TPSA) is 84.9 Å². The zero-order valence-corrected chi connectivity index (χ0v) is 17.2. The molecule has 2 aromatic rings. The average molecular weight is 398 g/mol. The lowest BCUT2D eigenvalue weighted by atomic mass is 10.1. The number of amides is 1. The number of aromatic nitrogens is 2. The number of piperazine rings is 1. The maximum absolute atomic E-state index is 12.7. The number of methoxy groups -OCH3 is 1. The largest absolute Gasteiger partial charge is 0.465 e. The van der Waals surface area contributed by atoms with Crippen LogP contribution in [0.5, 0.6) is 0 Å². The number of fused-ring (bicyclic) bond motifs is 3. The number of hydrogen-bond acceptors (Lipinski definition) is 7. The molecule has 2 atom stereocenters. The van der Waals surface area contributed by atoms with Crippen LogP contribution in [0.2, 0.25) is 0 Å². The lowest BCUT2D eigenvalue weighted by Crippen LogP contribution is -2.56. The van der Waals surface area contributed by atoms with Crippen LogP contribution in [0.15, 0.2) is 24.5 Å².